The van der Waals surface area contributed by atoms with Crippen molar-refractivity contribution in [2.24, 2.45) is 0 Å². The zero-order chi connectivity index (χ0) is 5.21. The Morgan fingerprint density at radius 3 is 1.50 bits per heavy atom. The lowest BCUT2D eigenvalue weighted by Gasteiger charge is -1.99. The summed E-state index contributed by atoms with van der Waals surface area (Å²) in [7, 11) is 0.975. The Hall–Kier alpha value is 0.100. The Balaban J connectivity index is 3.45. The van der Waals surface area contributed by atoms with E-state index in [4.69, 9.17) is 5.16 Å². The maximum absolute atomic E-state index is 5.28. The summed E-state index contributed by atoms with van der Waals surface area (Å²) in [6.45, 7) is 6.32. The van der Waals surface area contributed by atoms with Gasteiger partial charge in [0.25, 0.3) is 0 Å². The van der Waals surface area contributed by atoms with Gasteiger partial charge in [0.15, 0.2) is 0 Å². The van der Waals surface area contributed by atoms with Crippen LogP contribution in [0.2, 0.25) is 0 Å². The highest BCUT2D eigenvalue weighted by atomic mass is 31.1. The molecule has 0 fully saturated rings. The van der Waals surface area contributed by atoms with Gasteiger partial charge in [-0.3, -0.25) is 0 Å². The molecule has 0 spiro atoms. The van der Waals surface area contributed by atoms with Crippen LogP contribution in [0.3, 0.4) is 0 Å². The molecule has 0 bridgehead atoms. The molecular formula is C4H11NP+. The first-order valence-electron chi connectivity index (χ1n) is 1.98. The van der Waals surface area contributed by atoms with Gasteiger partial charge in [-0.15, -0.1) is 0 Å². The maximum atomic E-state index is 5.28. The molecule has 36 valence electrons. The molecule has 6 heavy (non-hydrogen) atoms. The number of rotatable bonds is 0. The lowest BCUT2D eigenvalue weighted by molar-refractivity contribution is -0.0782. The van der Waals surface area contributed by atoms with E-state index in [1.807, 2.05) is 0 Å². The summed E-state index contributed by atoms with van der Waals surface area (Å²) in [5.41, 5.74) is 0. The summed E-state index contributed by atoms with van der Waals surface area (Å²) in [5.74, 6) is 0. The fourth-order valence-corrected chi connectivity index (χ4v) is 0. The predicted octanol–water partition coefficient (Wildman–Crippen LogP) is 0.674. The molecule has 0 radical (unpaired) electrons. The molecule has 0 aliphatic rings. The highest BCUT2D eigenvalue weighted by Gasteiger charge is 2.08. The lowest BCUT2D eigenvalue weighted by atomic mass is 10.3. The Labute approximate surface area is 40.4 Å². The third-order valence-electron chi connectivity index (χ3n) is 0.387. The van der Waals surface area contributed by atoms with E-state index in [2.05, 4.69) is 20.8 Å². The van der Waals surface area contributed by atoms with Gasteiger partial charge in [0.2, 0.25) is 8.37 Å². The second-order valence-electron chi connectivity index (χ2n) is 2.30. The van der Waals surface area contributed by atoms with Crippen molar-refractivity contribution in [2.45, 2.75) is 25.9 Å². The van der Waals surface area contributed by atoms with Gasteiger partial charge < -0.3 is 0 Å². The Morgan fingerprint density at radius 1 is 1.33 bits per heavy atom. The van der Waals surface area contributed by atoms with Gasteiger partial charge in [-0.25, -0.2) is 5.16 Å². The van der Waals surface area contributed by atoms with Crippen molar-refractivity contribution in [3.63, 3.8) is 0 Å². The van der Waals surface area contributed by atoms with Crippen molar-refractivity contribution in [1.29, 1.82) is 0 Å². The van der Waals surface area contributed by atoms with Crippen molar-refractivity contribution in [3.8, 4) is 0 Å². The first kappa shape index (κ1) is 6.10. The van der Waals surface area contributed by atoms with E-state index in [9.17, 15) is 0 Å². The molecular weight excluding hydrogens is 93.0 g/mol. The number of hydrogen-bond acceptors (Lipinski definition) is 0. The minimum Gasteiger partial charge on any atom is -0.245 e. The molecule has 0 atom stereocenters. The van der Waals surface area contributed by atoms with E-state index in [0.717, 1.165) is 8.37 Å². The van der Waals surface area contributed by atoms with Crippen LogP contribution in [0.1, 0.15) is 20.8 Å². The molecule has 0 aromatic rings. The summed E-state index contributed by atoms with van der Waals surface area (Å²) < 4.78 is 0. The molecule has 0 aliphatic carbocycles. The predicted molar refractivity (Wildman–Crippen MR) is 28.6 cm³/mol. The summed E-state index contributed by atoms with van der Waals surface area (Å²) in [5, 5.41) is 5.57. The standard InChI is InChI=1S/C4H10NP/c1-4(2,3)6-5/h5H,1-3H3/p+1. The van der Waals surface area contributed by atoms with Crippen LogP contribution in [-0.4, -0.2) is 5.16 Å². The molecule has 0 amide bonds. The maximum Gasteiger partial charge on any atom is 0.209 e. The van der Waals surface area contributed by atoms with Crippen molar-refractivity contribution in [3.05, 3.63) is 0 Å². The van der Waals surface area contributed by atoms with Crippen LogP contribution < -0.4 is 5.16 Å². The van der Waals surface area contributed by atoms with Gasteiger partial charge in [0.05, 0.1) is 5.16 Å². The van der Waals surface area contributed by atoms with Crippen LogP contribution in [0.15, 0.2) is 0 Å². The minimum atomic E-state index is 0.292. The van der Waals surface area contributed by atoms with E-state index in [1.54, 1.807) is 0 Å². The molecule has 0 aliphatic heterocycles. The van der Waals surface area contributed by atoms with Crippen LogP contribution in [0, 0.1) is 0 Å². The highest BCUT2D eigenvalue weighted by molar-refractivity contribution is 7.25. The highest BCUT2D eigenvalue weighted by Crippen LogP contribution is 2.15. The fourth-order valence-electron chi connectivity index (χ4n) is 0. The van der Waals surface area contributed by atoms with Crippen molar-refractivity contribution < 1.29 is 5.16 Å². The minimum absolute atomic E-state index is 0.292. The molecule has 0 unspecified atom stereocenters. The first-order chi connectivity index (χ1) is 2.56. The molecule has 1 nitrogen and oxygen atoms in total. The molecule has 0 saturated heterocycles. The Bertz CT molecular complexity index is 53.1. The molecule has 0 rings (SSSR count). The quantitative estimate of drug-likeness (QED) is 0.437. The smallest absolute Gasteiger partial charge is 0.209 e. The van der Waals surface area contributed by atoms with Gasteiger partial charge in [-0.2, -0.15) is 0 Å². The largest absolute Gasteiger partial charge is 0.245 e. The molecule has 2 heteroatoms. The van der Waals surface area contributed by atoms with Gasteiger partial charge >= 0.3 is 0 Å². The van der Waals surface area contributed by atoms with Crippen LogP contribution in [-0.2, 0) is 0 Å². The third-order valence-corrected chi connectivity index (χ3v) is 1.16. The van der Waals surface area contributed by atoms with E-state index in [-0.39, 0.29) is 0 Å². The SMILES string of the molecule is CC(C)(C)P=[NH2+]. The number of hydrogen-bond donors (Lipinski definition) is 1. The van der Waals surface area contributed by atoms with Crippen molar-refractivity contribution in [1.82, 2.24) is 0 Å². The van der Waals surface area contributed by atoms with Crippen LogP contribution in [0.25, 0.3) is 0 Å². The van der Waals surface area contributed by atoms with Gasteiger partial charge in [-0.05, 0) is 20.8 Å². The van der Waals surface area contributed by atoms with Crippen LogP contribution in [0.5, 0.6) is 0 Å². The van der Waals surface area contributed by atoms with Gasteiger partial charge in [0.1, 0.15) is 0 Å². The van der Waals surface area contributed by atoms with Gasteiger partial charge in [0, 0.05) is 0 Å². The van der Waals surface area contributed by atoms with Crippen LogP contribution >= 0.6 is 8.37 Å². The molecule has 0 aromatic heterocycles. The van der Waals surface area contributed by atoms with E-state index < -0.39 is 0 Å². The molecule has 0 saturated carbocycles. The Kier molecular flexibility index (Phi) is 1.73. The average Bonchev–Trinajstić information content (AvgIpc) is 1.35. The average molecular weight is 104 g/mol. The summed E-state index contributed by atoms with van der Waals surface area (Å²) in [4.78, 5) is 0. The summed E-state index contributed by atoms with van der Waals surface area (Å²) >= 11 is 0. The van der Waals surface area contributed by atoms with Gasteiger partial charge in [-0.1, -0.05) is 0 Å². The number of nitrogens with two attached hydrogens (primary N) is 1. The van der Waals surface area contributed by atoms with Crippen molar-refractivity contribution in [2.75, 3.05) is 0 Å². The zero-order valence-corrected chi connectivity index (χ0v) is 5.42. The summed E-state index contributed by atoms with van der Waals surface area (Å²) in [6.07, 6.45) is 0. The zero-order valence-electron chi connectivity index (χ0n) is 4.52. The Morgan fingerprint density at radius 2 is 1.50 bits per heavy atom. The van der Waals surface area contributed by atoms with E-state index >= 15 is 0 Å². The molecule has 0 aromatic carbocycles. The van der Waals surface area contributed by atoms with Crippen molar-refractivity contribution >= 4 is 8.37 Å². The second-order valence-corrected chi connectivity index (χ2v) is 3.90. The van der Waals surface area contributed by atoms with E-state index in [1.165, 1.54) is 0 Å². The monoisotopic (exact) mass is 104 g/mol. The molecule has 2 N–H and O–H groups in total. The fraction of sp³-hybridized carbons (Fsp3) is 1.00. The lowest BCUT2D eigenvalue weighted by Crippen LogP contribution is -2.23. The summed E-state index contributed by atoms with van der Waals surface area (Å²) in [6, 6.07) is 0. The molecule has 0 heterocycles. The second kappa shape index (κ2) is 1.70. The first-order valence-corrected chi connectivity index (χ1v) is 2.95. The topological polar surface area (TPSA) is 25.6 Å². The van der Waals surface area contributed by atoms with Crippen LogP contribution in [0.4, 0.5) is 0 Å². The third kappa shape index (κ3) is 4.10. The van der Waals surface area contributed by atoms with E-state index in [0.29, 0.717) is 5.16 Å². The normalized spacial score (nSPS) is 12.5.